The molecular formula is C15H13ClO4. The highest BCUT2D eigenvalue weighted by Gasteiger charge is 2.19. The molecule has 0 saturated heterocycles. The maximum atomic E-state index is 12.2. The summed E-state index contributed by atoms with van der Waals surface area (Å²) in [6.07, 6.45) is 0. The first-order chi connectivity index (χ1) is 9.63. The topological polar surface area (TPSA) is 48.7 Å². The van der Waals surface area contributed by atoms with Gasteiger partial charge in [0.15, 0.2) is 22.5 Å². The number of fused-ring (bicyclic) bond motifs is 1. The van der Waals surface area contributed by atoms with Crippen LogP contribution in [-0.4, -0.2) is 19.0 Å². The van der Waals surface area contributed by atoms with Crippen LogP contribution in [0, 0.1) is 5.92 Å². The Hall–Kier alpha value is -1.94. The average molecular weight is 293 g/mol. The van der Waals surface area contributed by atoms with Gasteiger partial charge in [0, 0.05) is 11.5 Å². The first-order valence-electron chi connectivity index (χ1n) is 6.33. The van der Waals surface area contributed by atoms with Crippen LogP contribution in [0.5, 0.6) is 11.5 Å². The van der Waals surface area contributed by atoms with E-state index in [1.54, 1.807) is 30.3 Å². The molecule has 20 heavy (non-hydrogen) atoms. The molecule has 1 aromatic heterocycles. The zero-order chi connectivity index (χ0) is 14.1. The molecule has 2 heterocycles. The molecule has 1 aliphatic rings. The van der Waals surface area contributed by atoms with Crippen molar-refractivity contribution in [3.63, 3.8) is 0 Å². The number of benzene rings is 1. The van der Waals surface area contributed by atoms with Gasteiger partial charge in [-0.2, -0.15) is 0 Å². The van der Waals surface area contributed by atoms with Crippen LogP contribution in [-0.2, 0) is 0 Å². The van der Waals surface area contributed by atoms with Gasteiger partial charge in [-0.05, 0) is 41.9 Å². The normalized spacial score (nSPS) is 17.6. The van der Waals surface area contributed by atoms with E-state index in [1.807, 2.05) is 6.92 Å². The molecule has 1 unspecified atom stereocenters. The van der Waals surface area contributed by atoms with Crippen LogP contribution in [0.15, 0.2) is 34.7 Å². The number of carbonyl (C=O) groups excluding carboxylic acids is 1. The first-order valence-corrected chi connectivity index (χ1v) is 6.71. The summed E-state index contributed by atoms with van der Waals surface area (Å²) in [7, 11) is 0. The minimum absolute atomic E-state index is 0.191. The summed E-state index contributed by atoms with van der Waals surface area (Å²) in [4.78, 5) is 12.2. The van der Waals surface area contributed by atoms with Gasteiger partial charge in [0.1, 0.15) is 0 Å². The molecule has 0 spiro atoms. The highest BCUT2D eigenvalue weighted by atomic mass is 35.5. The van der Waals surface area contributed by atoms with E-state index in [9.17, 15) is 4.79 Å². The van der Waals surface area contributed by atoms with Gasteiger partial charge in [-0.15, -0.1) is 0 Å². The van der Waals surface area contributed by atoms with E-state index < -0.39 is 0 Å². The van der Waals surface area contributed by atoms with Gasteiger partial charge in [0.25, 0.3) is 0 Å². The van der Waals surface area contributed by atoms with Crippen LogP contribution < -0.4 is 9.47 Å². The monoisotopic (exact) mass is 292 g/mol. The Kier molecular flexibility index (Phi) is 3.40. The predicted octanol–water partition coefficient (Wildman–Crippen LogP) is 3.57. The maximum absolute atomic E-state index is 12.2. The fourth-order valence-electron chi connectivity index (χ4n) is 1.97. The molecule has 1 atom stereocenters. The number of ether oxygens (including phenoxy) is 2. The quantitative estimate of drug-likeness (QED) is 0.794. The lowest BCUT2D eigenvalue weighted by molar-refractivity contribution is 0.101. The lowest BCUT2D eigenvalue weighted by atomic mass is 10.1. The molecule has 4 nitrogen and oxygen atoms in total. The Balaban J connectivity index is 1.90. The van der Waals surface area contributed by atoms with Crippen molar-refractivity contribution in [3.8, 4) is 11.5 Å². The second kappa shape index (κ2) is 5.21. The molecule has 5 heteroatoms. The van der Waals surface area contributed by atoms with Crippen molar-refractivity contribution in [2.45, 2.75) is 6.92 Å². The first kappa shape index (κ1) is 13.1. The van der Waals surface area contributed by atoms with Crippen molar-refractivity contribution in [2.75, 3.05) is 13.2 Å². The van der Waals surface area contributed by atoms with Gasteiger partial charge in [0.05, 0.1) is 13.2 Å². The lowest BCUT2D eigenvalue weighted by Crippen LogP contribution is -2.12. The Morgan fingerprint density at radius 3 is 2.60 bits per heavy atom. The Morgan fingerprint density at radius 1 is 1.15 bits per heavy atom. The number of rotatable bonds is 2. The summed E-state index contributed by atoms with van der Waals surface area (Å²) in [6, 6.07) is 8.20. The SMILES string of the molecule is CC1COc2ccc(C(=O)c3ccc(Cl)o3)cc2OC1. The van der Waals surface area contributed by atoms with Crippen molar-refractivity contribution in [2.24, 2.45) is 5.92 Å². The van der Waals surface area contributed by atoms with Gasteiger partial charge < -0.3 is 13.9 Å². The molecule has 1 aliphatic heterocycles. The molecule has 1 aromatic carbocycles. The van der Waals surface area contributed by atoms with Crippen molar-refractivity contribution >= 4 is 17.4 Å². The van der Waals surface area contributed by atoms with Gasteiger partial charge in [0.2, 0.25) is 5.78 Å². The van der Waals surface area contributed by atoms with Gasteiger partial charge in [-0.3, -0.25) is 4.79 Å². The fraction of sp³-hybridized carbons (Fsp3) is 0.267. The maximum Gasteiger partial charge on any atom is 0.228 e. The number of hydrogen-bond acceptors (Lipinski definition) is 4. The van der Waals surface area contributed by atoms with Gasteiger partial charge in [-0.25, -0.2) is 0 Å². The smallest absolute Gasteiger partial charge is 0.228 e. The molecule has 104 valence electrons. The summed E-state index contributed by atoms with van der Waals surface area (Å²) in [5.74, 6) is 1.52. The summed E-state index contributed by atoms with van der Waals surface area (Å²) in [5.41, 5.74) is 0.480. The zero-order valence-electron chi connectivity index (χ0n) is 10.9. The van der Waals surface area contributed by atoms with E-state index in [4.69, 9.17) is 25.5 Å². The third-order valence-corrected chi connectivity index (χ3v) is 3.25. The predicted molar refractivity (Wildman–Crippen MR) is 73.7 cm³/mol. The van der Waals surface area contributed by atoms with Crippen LogP contribution in [0.2, 0.25) is 5.22 Å². The number of halogens is 1. The summed E-state index contributed by atoms with van der Waals surface area (Å²) < 4.78 is 16.4. The number of ketones is 1. The van der Waals surface area contributed by atoms with Crippen LogP contribution >= 0.6 is 11.6 Å². The molecular weight excluding hydrogens is 280 g/mol. The second-order valence-corrected chi connectivity index (χ2v) is 5.19. The number of carbonyl (C=O) groups is 1. The van der Waals surface area contributed by atoms with Gasteiger partial charge in [-0.1, -0.05) is 6.92 Å². The molecule has 0 N–H and O–H groups in total. The fourth-order valence-corrected chi connectivity index (χ4v) is 2.12. The van der Waals surface area contributed by atoms with Crippen LogP contribution in [0.3, 0.4) is 0 Å². The largest absolute Gasteiger partial charge is 0.489 e. The minimum atomic E-state index is -0.236. The molecule has 2 aromatic rings. The van der Waals surface area contributed by atoms with E-state index in [2.05, 4.69) is 0 Å². The Bertz CT molecular complexity index is 647. The third-order valence-electron chi connectivity index (χ3n) is 3.05. The Morgan fingerprint density at radius 2 is 1.90 bits per heavy atom. The van der Waals surface area contributed by atoms with Crippen molar-refractivity contribution in [1.82, 2.24) is 0 Å². The Labute approximate surface area is 121 Å². The van der Waals surface area contributed by atoms with Crippen LogP contribution in [0.4, 0.5) is 0 Å². The zero-order valence-corrected chi connectivity index (χ0v) is 11.6. The molecule has 0 saturated carbocycles. The van der Waals surface area contributed by atoms with E-state index in [1.165, 1.54) is 0 Å². The molecule has 0 aliphatic carbocycles. The molecule has 0 amide bonds. The van der Waals surface area contributed by atoms with E-state index >= 15 is 0 Å². The minimum Gasteiger partial charge on any atom is -0.489 e. The number of hydrogen-bond donors (Lipinski definition) is 0. The standard InChI is InChI=1S/C15H13ClO4/c1-9-7-18-11-3-2-10(6-13(11)19-8-9)15(17)12-4-5-14(16)20-12/h2-6,9H,7-8H2,1H3. The average Bonchev–Trinajstić information content (AvgIpc) is 2.80. The molecule has 3 rings (SSSR count). The third kappa shape index (κ3) is 2.51. The molecule has 0 bridgehead atoms. The van der Waals surface area contributed by atoms with Gasteiger partial charge >= 0.3 is 0 Å². The van der Waals surface area contributed by atoms with Crippen molar-refractivity contribution in [3.05, 3.63) is 46.9 Å². The molecule has 0 fully saturated rings. The van der Waals surface area contributed by atoms with E-state index in [0.717, 1.165) is 0 Å². The van der Waals surface area contributed by atoms with Crippen molar-refractivity contribution < 1.29 is 18.7 Å². The van der Waals surface area contributed by atoms with E-state index in [-0.39, 0.29) is 16.8 Å². The van der Waals surface area contributed by atoms with Crippen molar-refractivity contribution in [1.29, 1.82) is 0 Å². The molecule has 0 radical (unpaired) electrons. The van der Waals surface area contributed by atoms with Crippen LogP contribution in [0.1, 0.15) is 23.0 Å². The van der Waals surface area contributed by atoms with E-state index in [0.29, 0.717) is 36.2 Å². The lowest BCUT2D eigenvalue weighted by Gasteiger charge is -2.08. The summed E-state index contributed by atoms with van der Waals surface area (Å²) >= 11 is 5.68. The number of furan rings is 1. The second-order valence-electron chi connectivity index (χ2n) is 4.82. The highest BCUT2D eigenvalue weighted by molar-refractivity contribution is 6.29. The summed E-state index contributed by atoms with van der Waals surface area (Å²) in [5, 5.41) is 0.191. The highest BCUT2D eigenvalue weighted by Crippen LogP contribution is 2.32. The summed E-state index contributed by atoms with van der Waals surface area (Å²) in [6.45, 7) is 3.22. The van der Waals surface area contributed by atoms with Crippen LogP contribution in [0.25, 0.3) is 0 Å².